The first-order valence-electron chi connectivity index (χ1n) is 8.90. The van der Waals surface area contributed by atoms with E-state index in [9.17, 15) is 10.1 Å². The van der Waals surface area contributed by atoms with Crippen LogP contribution < -0.4 is 9.47 Å². The number of para-hydroxylation sites is 2. The average Bonchev–Trinajstić information content (AvgIpc) is 2.60. The van der Waals surface area contributed by atoms with Crippen LogP contribution in [0.15, 0.2) is 42.5 Å². The van der Waals surface area contributed by atoms with Gasteiger partial charge < -0.3 is 24.4 Å². The second kappa shape index (κ2) is 9.50. The summed E-state index contributed by atoms with van der Waals surface area (Å²) >= 11 is 0. The lowest BCUT2D eigenvalue weighted by Gasteiger charge is -2.30. The largest absolute Gasteiger partial charge is 0.504 e. The van der Waals surface area contributed by atoms with Crippen molar-refractivity contribution in [3.05, 3.63) is 53.6 Å². The van der Waals surface area contributed by atoms with Crippen molar-refractivity contribution in [1.82, 2.24) is 4.81 Å². The Balaban J connectivity index is 1.95. The Morgan fingerprint density at radius 3 is 2.50 bits per heavy atom. The van der Waals surface area contributed by atoms with Crippen LogP contribution >= 0.6 is 0 Å². The van der Waals surface area contributed by atoms with Gasteiger partial charge in [-0.25, -0.2) is 0 Å². The van der Waals surface area contributed by atoms with E-state index in [1.807, 2.05) is 23.9 Å². The van der Waals surface area contributed by atoms with Crippen LogP contribution in [0.2, 0.25) is 6.82 Å². The standard InChI is InChI=1S/C20H28BNO4/c1-15-13-17(9-10-19(15)25-4)14-16(2)22(21(3)24)11-12-26-20-8-6-5-7-18(20)23/h5-10,13,16,23-24H,11-12,14H2,1-4H3. The molecule has 0 aliphatic rings. The number of rotatable bonds is 9. The van der Waals surface area contributed by atoms with E-state index in [4.69, 9.17) is 9.47 Å². The Kier molecular flexibility index (Phi) is 7.36. The highest BCUT2D eigenvalue weighted by Gasteiger charge is 2.22. The van der Waals surface area contributed by atoms with E-state index in [-0.39, 0.29) is 11.8 Å². The lowest BCUT2D eigenvalue weighted by Crippen LogP contribution is -2.46. The van der Waals surface area contributed by atoms with Crippen LogP contribution in [-0.2, 0) is 6.42 Å². The molecule has 0 aliphatic carbocycles. The molecule has 1 unspecified atom stereocenters. The summed E-state index contributed by atoms with van der Waals surface area (Å²) in [5, 5.41) is 19.9. The smallest absolute Gasteiger partial charge is 0.376 e. The Morgan fingerprint density at radius 1 is 1.15 bits per heavy atom. The minimum atomic E-state index is -0.586. The number of methoxy groups -OCH3 is 1. The summed E-state index contributed by atoms with van der Waals surface area (Å²) in [7, 11) is 1.09. The molecule has 5 nitrogen and oxygen atoms in total. The lowest BCUT2D eigenvalue weighted by atomic mass is 9.82. The Bertz CT molecular complexity index is 708. The highest BCUT2D eigenvalue weighted by molar-refractivity contribution is 6.45. The fourth-order valence-corrected chi connectivity index (χ4v) is 3.14. The van der Waals surface area contributed by atoms with E-state index >= 15 is 0 Å². The molecule has 0 bridgehead atoms. The van der Waals surface area contributed by atoms with Gasteiger partial charge in [0.15, 0.2) is 11.5 Å². The topological polar surface area (TPSA) is 62.2 Å². The van der Waals surface area contributed by atoms with Gasteiger partial charge in [-0.3, -0.25) is 0 Å². The first kappa shape index (κ1) is 20.1. The Morgan fingerprint density at radius 2 is 1.88 bits per heavy atom. The molecule has 2 aromatic carbocycles. The van der Waals surface area contributed by atoms with Crippen molar-refractivity contribution >= 4 is 7.05 Å². The zero-order valence-electron chi connectivity index (χ0n) is 16.0. The SMILES string of the molecule is COc1ccc(CC(C)N(CCOc2ccccc2O)B(C)O)cc1C. The number of benzene rings is 2. The predicted molar refractivity (Wildman–Crippen MR) is 105 cm³/mol. The van der Waals surface area contributed by atoms with Crippen molar-refractivity contribution < 1.29 is 19.6 Å². The molecule has 0 spiro atoms. The summed E-state index contributed by atoms with van der Waals surface area (Å²) in [6, 6.07) is 13.2. The fraction of sp³-hybridized carbons (Fsp3) is 0.400. The summed E-state index contributed by atoms with van der Waals surface area (Å²) in [6.07, 6.45) is 0.812. The molecular weight excluding hydrogens is 329 g/mol. The summed E-state index contributed by atoms with van der Waals surface area (Å²) in [5.41, 5.74) is 2.30. The van der Waals surface area contributed by atoms with Crippen LogP contribution in [0.25, 0.3) is 0 Å². The van der Waals surface area contributed by atoms with E-state index in [0.29, 0.717) is 18.9 Å². The van der Waals surface area contributed by atoms with Crippen LogP contribution in [0.5, 0.6) is 17.2 Å². The van der Waals surface area contributed by atoms with E-state index in [0.717, 1.165) is 17.7 Å². The van der Waals surface area contributed by atoms with Crippen LogP contribution in [-0.4, -0.2) is 48.3 Å². The van der Waals surface area contributed by atoms with Gasteiger partial charge in [-0.05, 0) is 49.5 Å². The molecule has 2 rings (SSSR count). The minimum absolute atomic E-state index is 0.123. The number of phenols is 1. The van der Waals surface area contributed by atoms with Crippen molar-refractivity contribution in [2.75, 3.05) is 20.3 Å². The molecule has 0 radical (unpaired) electrons. The first-order chi connectivity index (χ1) is 12.4. The fourth-order valence-electron chi connectivity index (χ4n) is 3.14. The van der Waals surface area contributed by atoms with E-state index in [1.54, 1.807) is 32.1 Å². The van der Waals surface area contributed by atoms with Crippen LogP contribution in [0.3, 0.4) is 0 Å². The first-order valence-corrected chi connectivity index (χ1v) is 8.90. The average molecular weight is 357 g/mol. The predicted octanol–water partition coefficient (Wildman–Crippen LogP) is 3.13. The maximum Gasteiger partial charge on any atom is 0.376 e. The third-order valence-corrected chi connectivity index (χ3v) is 4.51. The number of aryl methyl sites for hydroxylation is 1. The van der Waals surface area contributed by atoms with Crippen molar-refractivity contribution in [2.24, 2.45) is 0 Å². The molecule has 0 fully saturated rings. The lowest BCUT2D eigenvalue weighted by molar-refractivity contribution is 0.223. The van der Waals surface area contributed by atoms with Crippen molar-refractivity contribution in [3.8, 4) is 17.2 Å². The number of aromatic hydroxyl groups is 1. The summed E-state index contributed by atoms with van der Waals surface area (Å²) in [5.74, 6) is 1.46. The van der Waals surface area contributed by atoms with Gasteiger partial charge in [0.2, 0.25) is 0 Å². The van der Waals surface area contributed by atoms with E-state index in [1.165, 1.54) is 5.56 Å². The van der Waals surface area contributed by atoms with Gasteiger partial charge in [0.1, 0.15) is 12.4 Å². The van der Waals surface area contributed by atoms with Gasteiger partial charge in [0.05, 0.1) is 7.11 Å². The zero-order chi connectivity index (χ0) is 19.1. The number of nitrogens with zero attached hydrogens (tertiary/aromatic N) is 1. The second-order valence-corrected chi connectivity index (χ2v) is 6.54. The highest BCUT2D eigenvalue weighted by Crippen LogP contribution is 2.24. The number of phenolic OH excluding ortho intramolecular Hbond substituents is 1. The van der Waals surface area contributed by atoms with Gasteiger partial charge in [-0.1, -0.05) is 31.2 Å². The van der Waals surface area contributed by atoms with Crippen molar-refractivity contribution in [3.63, 3.8) is 0 Å². The maximum atomic E-state index is 10.2. The molecule has 0 aliphatic heterocycles. The van der Waals surface area contributed by atoms with Crippen molar-refractivity contribution in [1.29, 1.82) is 0 Å². The van der Waals surface area contributed by atoms with Gasteiger partial charge in [-0.2, -0.15) is 0 Å². The van der Waals surface area contributed by atoms with Crippen molar-refractivity contribution in [2.45, 2.75) is 33.1 Å². The van der Waals surface area contributed by atoms with Crippen LogP contribution in [0.1, 0.15) is 18.1 Å². The molecule has 2 N–H and O–H groups in total. The summed E-state index contributed by atoms with van der Waals surface area (Å²) in [4.78, 5) is 1.99. The third kappa shape index (κ3) is 5.41. The Hall–Kier alpha value is -2.18. The number of hydrogen-bond donors (Lipinski definition) is 2. The molecule has 0 aromatic heterocycles. The maximum absolute atomic E-state index is 10.2. The molecule has 2 aromatic rings. The molecule has 0 heterocycles. The summed E-state index contributed by atoms with van der Waals surface area (Å²) in [6.45, 7) is 6.82. The minimum Gasteiger partial charge on any atom is -0.504 e. The zero-order valence-corrected chi connectivity index (χ0v) is 16.0. The quantitative estimate of drug-likeness (QED) is 0.675. The van der Waals surface area contributed by atoms with Crippen LogP contribution in [0, 0.1) is 6.92 Å². The third-order valence-electron chi connectivity index (χ3n) is 4.51. The highest BCUT2D eigenvalue weighted by atomic mass is 16.5. The molecule has 0 amide bonds. The molecule has 1 atom stereocenters. The molecule has 6 heteroatoms. The monoisotopic (exact) mass is 357 g/mol. The molecular formula is C20H28BNO4. The second-order valence-electron chi connectivity index (χ2n) is 6.54. The molecule has 0 saturated heterocycles. The van der Waals surface area contributed by atoms with Gasteiger partial charge in [0.25, 0.3) is 0 Å². The number of ether oxygens (including phenoxy) is 2. The van der Waals surface area contributed by atoms with E-state index < -0.39 is 7.05 Å². The van der Waals surface area contributed by atoms with Gasteiger partial charge in [-0.15, -0.1) is 0 Å². The number of hydrogen-bond acceptors (Lipinski definition) is 5. The van der Waals surface area contributed by atoms with E-state index in [2.05, 4.69) is 19.1 Å². The normalized spacial score (nSPS) is 12.1. The van der Waals surface area contributed by atoms with Gasteiger partial charge in [0, 0.05) is 12.6 Å². The van der Waals surface area contributed by atoms with Gasteiger partial charge >= 0.3 is 7.05 Å². The summed E-state index contributed by atoms with van der Waals surface area (Å²) < 4.78 is 11.0. The Labute approximate surface area is 156 Å². The molecule has 140 valence electrons. The molecule has 0 saturated carbocycles. The van der Waals surface area contributed by atoms with Crippen LogP contribution in [0.4, 0.5) is 0 Å². The molecule has 26 heavy (non-hydrogen) atoms.